The van der Waals surface area contributed by atoms with Gasteiger partial charge in [0.15, 0.2) is 17.4 Å². The molecule has 9 heteroatoms. The fourth-order valence-corrected chi connectivity index (χ4v) is 4.29. The summed E-state index contributed by atoms with van der Waals surface area (Å²) in [6.07, 6.45) is -0.616. The molecule has 2 unspecified atom stereocenters. The van der Waals surface area contributed by atoms with E-state index in [-0.39, 0.29) is 5.75 Å². The molecule has 2 heterocycles. The van der Waals surface area contributed by atoms with Crippen LogP contribution in [0.5, 0.6) is 0 Å². The van der Waals surface area contributed by atoms with Crippen molar-refractivity contribution in [2.45, 2.75) is 24.9 Å². The summed E-state index contributed by atoms with van der Waals surface area (Å²) in [7, 11) is 1.59. The van der Waals surface area contributed by atoms with Gasteiger partial charge in [0, 0.05) is 29.9 Å². The van der Waals surface area contributed by atoms with Gasteiger partial charge >= 0.3 is 6.03 Å². The molecule has 0 radical (unpaired) electrons. The van der Waals surface area contributed by atoms with Crippen molar-refractivity contribution in [2.75, 3.05) is 13.6 Å². The normalized spacial score (nSPS) is 22.2. The first-order valence-electron chi connectivity index (χ1n) is 7.91. The maximum absolute atomic E-state index is 14.0. The largest absolute Gasteiger partial charge is 0.332 e. The zero-order chi connectivity index (χ0) is 19.0. The number of carbonyl (C=O) groups excluding carboxylic acids is 2. The zero-order valence-corrected chi connectivity index (χ0v) is 15.9. The Morgan fingerprint density at radius 2 is 2.19 bits per heavy atom. The molecule has 1 aromatic carbocycles. The number of amidine groups is 1. The molecule has 6 nitrogen and oxygen atoms in total. The minimum Gasteiger partial charge on any atom is -0.332 e. The number of imide groups is 1. The van der Waals surface area contributed by atoms with E-state index in [0.29, 0.717) is 22.3 Å². The molecule has 3 amide bonds. The molecule has 0 spiro atoms. The molecule has 138 valence electrons. The Hall–Kier alpha value is -2.06. The van der Waals surface area contributed by atoms with Crippen molar-refractivity contribution < 1.29 is 14.0 Å². The molecule has 0 bridgehead atoms. The highest BCUT2D eigenvalue weighted by Gasteiger charge is 2.48. The van der Waals surface area contributed by atoms with E-state index in [1.54, 1.807) is 24.1 Å². The van der Waals surface area contributed by atoms with Crippen LogP contribution in [-0.2, 0) is 10.5 Å². The molecule has 0 aromatic heterocycles. The van der Waals surface area contributed by atoms with E-state index >= 15 is 0 Å². The minimum atomic E-state index is -0.631. The molecular formula is C17H18ClFN4O2S. The van der Waals surface area contributed by atoms with Gasteiger partial charge in [-0.15, -0.1) is 0 Å². The van der Waals surface area contributed by atoms with Gasteiger partial charge in [-0.25, -0.2) is 14.2 Å². The molecular weight excluding hydrogens is 379 g/mol. The average molecular weight is 397 g/mol. The number of nitrogens with one attached hydrogen (secondary N) is 1. The Morgan fingerprint density at radius 3 is 2.85 bits per heavy atom. The van der Waals surface area contributed by atoms with E-state index in [1.165, 1.54) is 22.7 Å². The van der Waals surface area contributed by atoms with Gasteiger partial charge in [0.25, 0.3) is 5.91 Å². The molecule has 26 heavy (non-hydrogen) atoms. The molecule has 0 saturated carbocycles. The second kappa shape index (κ2) is 7.28. The number of rotatable bonds is 4. The number of hydrogen-bond donors (Lipinski definition) is 1. The maximum atomic E-state index is 14.0. The van der Waals surface area contributed by atoms with Crippen LogP contribution in [0.1, 0.15) is 12.5 Å². The first-order valence-corrected chi connectivity index (χ1v) is 9.28. The van der Waals surface area contributed by atoms with Gasteiger partial charge in [-0.05, 0) is 19.1 Å². The molecule has 1 fully saturated rings. The predicted octanol–water partition coefficient (Wildman–Crippen LogP) is 2.84. The van der Waals surface area contributed by atoms with E-state index in [2.05, 4.69) is 16.9 Å². The lowest BCUT2D eigenvalue weighted by Gasteiger charge is -2.36. The van der Waals surface area contributed by atoms with Crippen LogP contribution in [0.15, 0.2) is 35.3 Å². The summed E-state index contributed by atoms with van der Waals surface area (Å²) in [5.74, 6) is -0.532. The van der Waals surface area contributed by atoms with Crippen molar-refractivity contribution >= 4 is 40.5 Å². The Morgan fingerprint density at radius 1 is 1.46 bits per heavy atom. The Balaban J connectivity index is 1.87. The van der Waals surface area contributed by atoms with E-state index in [0.717, 1.165) is 5.57 Å². The number of urea groups is 1. The van der Waals surface area contributed by atoms with Crippen LogP contribution in [0.25, 0.3) is 0 Å². The molecule has 1 saturated heterocycles. The van der Waals surface area contributed by atoms with Gasteiger partial charge < -0.3 is 9.80 Å². The molecule has 1 N–H and O–H groups in total. The summed E-state index contributed by atoms with van der Waals surface area (Å²) >= 11 is 7.36. The van der Waals surface area contributed by atoms with E-state index in [4.69, 9.17) is 11.6 Å². The summed E-state index contributed by atoms with van der Waals surface area (Å²) in [6, 6.07) is 3.41. The van der Waals surface area contributed by atoms with Crippen LogP contribution in [0, 0.1) is 5.82 Å². The highest BCUT2D eigenvalue weighted by atomic mass is 35.5. The van der Waals surface area contributed by atoms with Gasteiger partial charge in [-0.3, -0.25) is 10.1 Å². The van der Waals surface area contributed by atoms with E-state index in [9.17, 15) is 14.0 Å². The van der Waals surface area contributed by atoms with Crippen molar-refractivity contribution in [3.63, 3.8) is 0 Å². The van der Waals surface area contributed by atoms with Crippen molar-refractivity contribution in [3.8, 4) is 0 Å². The van der Waals surface area contributed by atoms with Gasteiger partial charge in [-0.1, -0.05) is 41.6 Å². The van der Waals surface area contributed by atoms with Crippen molar-refractivity contribution in [3.05, 3.63) is 46.8 Å². The summed E-state index contributed by atoms with van der Waals surface area (Å²) in [5.41, 5.74) is 1.22. The van der Waals surface area contributed by atoms with Crippen LogP contribution in [0.2, 0.25) is 5.02 Å². The third-order valence-electron chi connectivity index (χ3n) is 4.17. The number of aliphatic imine (C=N–C) groups is 1. The van der Waals surface area contributed by atoms with Crippen LogP contribution in [0.3, 0.4) is 0 Å². The standard InChI is InChI=1S/C17H18ClFN4O2S/c1-9(2)7-23-13-14(22(3)16(25)21-15(13)24)20-17(23)26-8-10-11(18)5-4-6-12(10)19/h4-6,13-14H,1,7-8H2,2-3H3,(H,21,24,25). The second-order valence-electron chi connectivity index (χ2n) is 6.25. The number of fused-ring (bicyclic) bond motifs is 1. The maximum Gasteiger partial charge on any atom is 0.325 e. The quantitative estimate of drug-likeness (QED) is 0.795. The Bertz CT molecular complexity index is 796. The van der Waals surface area contributed by atoms with E-state index in [1.807, 2.05) is 6.92 Å². The molecule has 1 aromatic rings. The zero-order valence-electron chi connectivity index (χ0n) is 14.3. The fourth-order valence-electron chi connectivity index (χ4n) is 2.88. The van der Waals surface area contributed by atoms with Crippen molar-refractivity contribution in [1.82, 2.24) is 15.1 Å². The summed E-state index contributed by atoms with van der Waals surface area (Å²) < 4.78 is 14.0. The first-order chi connectivity index (χ1) is 12.3. The Labute approximate surface area is 160 Å². The SMILES string of the molecule is C=C(C)CN1C(SCc2c(F)cccc2Cl)=NC2C1C(=O)NC(=O)N2C. The third kappa shape index (κ3) is 3.43. The van der Waals surface area contributed by atoms with Crippen LogP contribution in [-0.4, -0.2) is 52.7 Å². The number of amides is 3. The van der Waals surface area contributed by atoms with Crippen LogP contribution >= 0.6 is 23.4 Å². The van der Waals surface area contributed by atoms with Gasteiger partial charge in [-0.2, -0.15) is 0 Å². The number of nitrogens with zero attached hydrogens (tertiary/aromatic N) is 3. The number of halogens is 2. The van der Waals surface area contributed by atoms with Crippen molar-refractivity contribution in [1.29, 1.82) is 0 Å². The van der Waals surface area contributed by atoms with Gasteiger partial charge in [0.2, 0.25) is 0 Å². The van der Waals surface area contributed by atoms with Crippen LogP contribution < -0.4 is 5.32 Å². The molecule has 3 rings (SSSR count). The Kier molecular flexibility index (Phi) is 5.24. The fraction of sp³-hybridized carbons (Fsp3) is 0.353. The van der Waals surface area contributed by atoms with Crippen molar-refractivity contribution in [2.24, 2.45) is 4.99 Å². The van der Waals surface area contributed by atoms with Gasteiger partial charge in [0.05, 0.1) is 0 Å². The lowest BCUT2D eigenvalue weighted by Crippen LogP contribution is -2.63. The molecule has 2 aliphatic heterocycles. The highest BCUT2D eigenvalue weighted by Crippen LogP contribution is 2.32. The highest BCUT2D eigenvalue weighted by molar-refractivity contribution is 8.13. The number of carbonyl (C=O) groups is 2. The molecule has 2 atom stereocenters. The monoisotopic (exact) mass is 396 g/mol. The number of thioether (sulfide) groups is 1. The third-order valence-corrected chi connectivity index (χ3v) is 5.56. The summed E-state index contributed by atoms with van der Waals surface area (Å²) in [5, 5.41) is 3.22. The molecule has 0 aliphatic carbocycles. The first kappa shape index (κ1) is 18.7. The van der Waals surface area contributed by atoms with Gasteiger partial charge in [0.1, 0.15) is 5.82 Å². The lowest BCUT2D eigenvalue weighted by atomic mass is 10.1. The number of benzene rings is 1. The lowest BCUT2D eigenvalue weighted by molar-refractivity contribution is -0.126. The summed E-state index contributed by atoms with van der Waals surface area (Å²) in [4.78, 5) is 32.0. The average Bonchev–Trinajstić information content (AvgIpc) is 2.91. The minimum absolute atomic E-state index is 0.260. The van der Waals surface area contributed by atoms with E-state index < -0.39 is 30.0 Å². The number of likely N-dealkylation sites (N-methyl/N-ethyl adjacent to an activating group) is 1. The predicted molar refractivity (Wildman–Crippen MR) is 101 cm³/mol. The van der Waals surface area contributed by atoms with Crippen LogP contribution in [0.4, 0.5) is 9.18 Å². The molecule has 2 aliphatic rings. The topological polar surface area (TPSA) is 65.0 Å². The second-order valence-corrected chi connectivity index (χ2v) is 7.60. The summed E-state index contributed by atoms with van der Waals surface area (Å²) in [6.45, 7) is 6.15. The number of hydrogen-bond acceptors (Lipinski definition) is 5. The smallest absolute Gasteiger partial charge is 0.325 e.